The van der Waals surface area contributed by atoms with Gasteiger partial charge in [0.15, 0.2) is 0 Å². The van der Waals surface area contributed by atoms with E-state index in [0.717, 1.165) is 38.5 Å². The van der Waals surface area contributed by atoms with Crippen LogP contribution in [0.2, 0.25) is 0 Å². The Morgan fingerprint density at radius 1 is 1.25 bits per heavy atom. The summed E-state index contributed by atoms with van der Waals surface area (Å²) in [5.74, 6) is -0.0556. The zero-order chi connectivity index (χ0) is 14.2. The summed E-state index contributed by atoms with van der Waals surface area (Å²) < 4.78 is 5.33. The van der Waals surface area contributed by atoms with Crippen LogP contribution >= 0.6 is 0 Å². The van der Waals surface area contributed by atoms with Crippen LogP contribution < -0.4 is 5.32 Å². The molecule has 1 heterocycles. The molecule has 0 radical (unpaired) electrons. The van der Waals surface area contributed by atoms with Crippen LogP contribution in [0.5, 0.6) is 0 Å². The molecule has 0 spiro atoms. The zero-order valence-electron chi connectivity index (χ0n) is 11.7. The molecule has 2 rings (SSSR count). The third-order valence-corrected chi connectivity index (χ3v) is 3.31. The van der Waals surface area contributed by atoms with E-state index in [0.29, 0.717) is 12.8 Å². The number of nitrogens with zero attached hydrogens (tertiary/aromatic N) is 1. The highest BCUT2D eigenvalue weighted by Gasteiger charge is 2.10. The number of carbonyl (C=O) groups excluding carboxylic acids is 1. The second-order valence-electron chi connectivity index (χ2n) is 4.96. The molecular formula is C15H22N2O3. The molecule has 0 unspecified atom stereocenters. The highest BCUT2D eigenvalue weighted by Crippen LogP contribution is 2.13. The topological polar surface area (TPSA) is 61.8 Å². The summed E-state index contributed by atoms with van der Waals surface area (Å²) in [5.41, 5.74) is 2.04. The average molecular weight is 278 g/mol. The maximum atomic E-state index is 11.5. The highest BCUT2D eigenvalue weighted by atomic mass is 16.5. The van der Waals surface area contributed by atoms with Gasteiger partial charge < -0.3 is 15.2 Å². The second kappa shape index (κ2) is 7.99. The van der Waals surface area contributed by atoms with Crippen LogP contribution in [0.1, 0.15) is 18.4 Å². The number of amides is 1. The Morgan fingerprint density at radius 2 is 1.95 bits per heavy atom. The minimum atomic E-state index is -0.0556. The molecule has 0 bridgehead atoms. The average Bonchev–Trinajstić information content (AvgIpc) is 2.48. The second-order valence-corrected chi connectivity index (χ2v) is 4.96. The van der Waals surface area contributed by atoms with Gasteiger partial charge in [0.2, 0.25) is 5.91 Å². The fraction of sp³-hybridized carbons (Fsp3) is 0.533. The van der Waals surface area contributed by atoms with Gasteiger partial charge in [-0.2, -0.15) is 0 Å². The Morgan fingerprint density at radius 3 is 2.60 bits per heavy atom. The van der Waals surface area contributed by atoms with E-state index < -0.39 is 0 Å². The van der Waals surface area contributed by atoms with Crippen LogP contribution in [-0.2, 0) is 16.1 Å². The molecule has 1 saturated heterocycles. The molecular weight excluding hydrogens is 256 g/mol. The molecule has 5 nitrogen and oxygen atoms in total. The summed E-state index contributed by atoms with van der Waals surface area (Å²) in [7, 11) is 0. The molecule has 0 aliphatic carbocycles. The Kier molecular flexibility index (Phi) is 5.98. The number of ether oxygens (including phenoxy) is 1. The predicted molar refractivity (Wildman–Crippen MR) is 77.5 cm³/mol. The van der Waals surface area contributed by atoms with Crippen molar-refractivity contribution in [2.45, 2.75) is 19.4 Å². The van der Waals surface area contributed by atoms with E-state index in [9.17, 15) is 4.79 Å². The number of rotatable bonds is 6. The van der Waals surface area contributed by atoms with E-state index in [-0.39, 0.29) is 12.5 Å². The van der Waals surface area contributed by atoms with E-state index in [1.54, 1.807) is 0 Å². The van der Waals surface area contributed by atoms with Crippen molar-refractivity contribution in [3.05, 3.63) is 29.8 Å². The monoisotopic (exact) mass is 278 g/mol. The molecule has 20 heavy (non-hydrogen) atoms. The molecule has 1 aromatic carbocycles. The van der Waals surface area contributed by atoms with E-state index in [4.69, 9.17) is 9.84 Å². The van der Waals surface area contributed by atoms with Gasteiger partial charge in [-0.3, -0.25) is 9.69 Å². The van der Waals surface area contributed by atoms with Gasteiger partial charge in [-0.1, -0.05) is 12.1 Å². The van der Waals surface area contributed by atoms with Crippen LogP contribution in [0.3, 0.4) is 0 Å². The van der Waals surface area contributed by atoms with Crippen molar-refractivity contribution in [1.82, 2.24) is 4.90 Å². The van der Waals surface area contributed by atoms with E-state index in [1.807, 2.05) is 24.3 Å². The molecule has 1 fully saturated rings. The SMILES string of the molecule is O=C(CCCO)Nc1ccc(CN2CCOCC2)cc1. The summed E-state index contributed by atoms with van der Waals surface area (Å²) in [6.45, 7) is 4.52. The first-order valence-electron chi connectivity index (χ1n) is 7.07. The molecule has 0 atom stereocenters. The number of nitrogens with one attached hydrogen (secondary N) is 1. The lowest BCUT2D eigenvalue weighted by Gasteiger charge is -2.26. The van der Waals surface area contributed by atoms with Gasteiger partial charge in [0.05, 0.1) is 13.2 Å². The normalized spacial score (nSPS) is 16.1. The van der Waals surface area contributed by atoms with Crippen LogP contribution in [0, 0.1) is 0 Å². The number of anilines is 1. The third kappa shape index (κ3) is 4.92. The molecule has 1 aromatic rings. The standard InChI is InChI=1S/C15H22N2O3/c18-9-1-2-15(19)16-14-5-3-13(4-6-14)12-17-7-10-20-11-8-17/h3-6,18H,1-2,7-12H2,(H,16,19). The van der Waals surface area contributed by atoms with Crippen molar-refractivity contribution < 1.29 is 14.6 Å². The quantitative estimate of drug-likeness (QED) is 0.821. The molecule has 0 saturated carbocycles. The summed E-state index contributed by atoms with van der Waals surface area (Å²) in [4.78, 5) is 13.9. The number of aliphatic hydroxyl groups is 1. The fourth-order valence-corrected chi connectivity index (χ4v) is 2.17. The van der Waals surface area contributed by atoms with E-state index >= 15 is 0 Å². The zero-order valence-corrected chi connectivity index (χ0v) is 11.7. The van der Waals surface area contributed by atoms with Crippen LogP contribution in [0.25, 0.3) is 0 Å². The first-order chi connectivity index (χ1) is 9.78. The number of hydrogen-bond acceptors (Lipinski definition) is 4. The van der Waals surface area contributed by atoms with Crippen molar-refractivity contribution in [3.8, 4) is 0 Å². The number of hydrogen-bond donors (Lipinski definition) is 2. The number of carbonyl (C=O) groups is 1. The lowest BCUT2D eigenvalue weighted by molar-refractivity contribution is -0.116. The Bertz CT molecular complexity index is 414. The van der Waals surface area contributed by atoms with Crippen molar-refractivity contribution in [2.24, 2.45) is 0 Å². The third-order valence-electron chi connectivity index (χ3n) is 3.31. The maximum absolute atomic E-state index is 11.5. The molecule has 110 valence electrons. The van der Waals surface area contributed by atoms with Gasteiger partial charge in [0.25, 0.3) is 0 Å². The van der Waals surface area contributed by atoms with Gasteiger partial charge in [-0.05, 0) is 24.1 Å². The summed E-state index contributed by atoms with van der Waals surface area (Å²) >= 11 is 0. The largest absolute Gasteiger partial charge is 0.396 e. The van der Waals surface area contributed by atoms with Crippen LogP contribution in [0.4, 0.5) is 5.69 Å². The first kappa shape index (κ1) is 15.0. The highest BCUT2D eigenvalue weighted by molar-refractivity contribution is 5.90. The smallest absolute Gasteiger partial charge is 0.224 e. The van der Waals surface area contributed by atoms with Crippen LogP contribution in [0.15, 0.2) is 24.3 Å². The van der Waals surface area contributed by atoms with E-state index in [1.165, 1.54) is 5.56 Å². The lowest BCUT2D eigenvalue weighted by Crippen LogP contribution is -2.35. The summed E-state index contributed by atoms with van der Waals surface area (Å²) in [5, 5.41) is 11.5. The minimum absolute atomic E-state index is 0.0475. The van der Waals surface area contributed by atoms with Gasteiger partial charge in [-0.15, -0.1) is 0 Å². The van der Waals surface area contributed by atoms with Crippen LogP contribution in [-0.4, -0.2) is 48.8 Å². The van der Waals surface area contributed by atoms with Gasteiger partial charge >= 0.3 is 0 Å². The Hall–Kier alpha value is -1.43. The fourth-order valence-electron chi connectivity index (χ4n) is 2.17. The van der Waals surface area contributed by atoms with Crippen molar-refractivity contribution in [3.63, 3.8) is 0 Å². The minimum Gasteiger partial charge on any atom is -0.396 e. The lowest BCUT2D eigenvalue weighted by atomic mass is 10.2. The van der Waals surface area contributed by atoms with Crippen molar-refractivity contribution >= 4 is 11.6 Å². The number of morpholine rings is 1. The van der Waals surface area contributed by atoms with Crippen molar-refractivity contribution in [1.29, 1.82) is 0 Å². The maximum Gasteiger partial charge on any atom is 0.224 e. The van der Waals surface area contributed by atoms with Crippen molar-refractivity contribution in [2.75, 3.05) is 38.2 Å². The number of aliphatic hydroxyl groups excluding tert-OH is 1. The predicted octanol–water partition coefficient (Wildman–Crippen LogP) is 1.23. The molecule has 1 aliphatic rings. The number of benzene rings is 1. The molecule has 2 N–H and O–H groups in total. The summed E-state index contributed by atoms with van der Waals surface area (Å²) in [6, 6.07) is 7.92. The molecule has 1 amide bonds. The van der Waals surface area contributed by atoms with Gasteiger partial charge in [0.1, 0.15) is 0 Å². The molecule has 5 heteroatoms. The Balaban J connectivity index is 1.81. The molecule has 0 aromatic heterocycles. The Labute approximate surface area is 119 Å². The summed E-state index contributed by atoms with van der Waals surface area (Å²) in [6.07, 6.45) is 0.854. The van der Waals surface area contributed by atoms with Gasteiger partial charge in [-0.25, -0.2) is 0 Å². The first-order valence-corrected chi connectivity index (χ1v) is 7.07. The molecule has 1 aliphatic heterocycles. The van der Waals surface area contributed by atoms with E-state index in [2.05, 4.69) is 10.2 Å². The van der Waals surface area contributed by atoms with Gasteiger partial charge in [0, 0.05) is 38.3 Å².